The smallest absolute Gasteiger partial charge is 0.0906 e. The normalized spacial score (nSPS) is 22.9. The van der Waals surface area contributed by atoms with E-state index < -0.39 is 0 Å². The van der Waals surface area contributed by atoms with Gasteiger partial charge in [0.25, 0.3) is 0 Å². The van der Waals surface area contributed by atoms with Gasteiger partial charge in [0.15, 0.2) is 0 Å². The average Bonchev–Trinajstić information content (AvgIpc) is 3.06. The second-order valence-electron chi connectivity index (χ2n) is 7.33. The van der Waals surface area contributed by atoms with Gasteiger partial charge in [-0.25, -0.2) is 0 Å². The molecule has 0 aromatic heterocycles. The number of hydrogen-bond donors (Lipinski definition) is 1. The van der Waals surface area contributed by atoms with E-state index in [2.05, 4.69) is 76.6 Å². The van der Waals surface area contributed by atoms with Crippen molar-refractivity contribution in [1.82, 2.24) is 5.32 Å². The first-order chi connectivity index (χ1) is 12.3. The van der Waals surface area contributed by atoms with Crippen LogP contribution in [0.25, 0.3) is 0 Å². The lowest BCUT2D eigenvalue weighted by atomic mass is 9.90. The summed E-state index contributed by atoms with van der Waals surface area (Å²) < 4.78 is 0. The SMILES string of the molecule is CCN1CN(C2CCC(NCc3ccccc3)CC2)c2ccccc21. The van der Waals surface area contributed by atoms with Crippen molar-refractivity contribution in [2.24, 2.45) is 0 Å². The monoisotopic (exact) mass is 335 g/mol. The molecule has 0 saturated heterocycles. The Kier molecular flexibility index (Phi) is 4.93. The summed E-state index contributed by atoms with van der Waals surface area (Å²) >= 11 is 0. The van der Waals surface area contributed by atoms with Gasteiger partial charge in [-0.15, -0.1) is 0 Å². The van der Waals surface area contributed by atoms with Crippen molar-refractivity contribution in [3.05, 3.63) is 60.2 Å². The van der Waals surface area contributed by atoms with Gasteiger partial charge < -0.3 is 15.1 Å². The summed E-state index contributed by atoms with van der Waals surface area (Å²) in [6, 6.07) is 21.0. The van der Waals surface area contributed by atoms with E-state index in [9.17, 15) is 0 Å². The van der Waals surface area contributed by atoms with Crippen LogP contribution >= 0.6 is 0 Å². The van der Waals surface area contributed by atoms with E-state index in [1.165, 1.54) is 42.6 Å². The number of hydrogen-bond acceptors (Lipinski definition) is 3. The summed E-state index contributed by atoms with van der Waals surface area (Å²) in [7, 11) is 0. The van der Waals surface area contributed by atoms with Crippen LogP contribution in [0.4, 0.5) is 11.4 Å². The van der Waals surface area contributed by atoms with Crippen molar-refractivity contribution in [2.45, 2.75) is 51.2 Å². The van der Waals surface area contributed by atoms with Crippen molar-refractivity contribution in [2.75, 3.05) is 23.0 Å². The van der Waals surface area contributed by atoms with Crippen LogP contribution in [0, 0.1) is 0 Å². The summed E-state index contributed by atoms with van der Waals surface area (Å²) in [6.07, 6.45) is 5.14. The standard InChI is InChI=1S/C22H29N3/c1-2-24-17-25(22-11-7-6-10-21(22)24)20-14-12-19(13-15-20)23-16-18-8-4-3-5-9-18/h3-11,19-20,23H,2,12-17H2,1H3. The van der Waals surface area contributed by atoms with E-state index in [1.54, 1.807) is 0 Å². The molecule has 1 N–H and O–H groups in total. The molecule has 1 saturated carbocycles. The fraction of sp³-hybridized carbons (Fsp3) is 0.455. The molecule has 1 fully saturated rings. The minimum Gasteiger partial charge on any atom is -0.352 e. The molecule has 1 aliphatic heterocycles. The molecule has 132 valence electrons. The van der Waals surface area contributed by atoms with Crippen LogP contribution in [0.3, 0.4) is 0 Å². The van der Waals surface area contributed by atoms with E-state index in [-0.39, 0.29) is 0 Å². The van der Waals surface area contributed by atoms with E-state index in [0.29, 0.717) is 12.1 Å². The maximum absolute atomic E-state index is 3.76. The predicted molar refractivity (Wildman–Crippen MR) is 106 cm³/mol. The van der Waals surface area contributed by atoms with E-state index in [0.717, 1.165) is 19.8 Å². The van der Waals surface area contributed by atoms with Crippen LogP contribution in [0.5, 0.6) is 0 Å². The minimum absolute atomic E-state index is 0.664. The fourth-order valence-electron chi connectivity index (χ4n) is 4.34. The highest BCUT2D eigenvalue weighted by atomic mass is 15.4. The predicted octanol–water partition coefficient (Wildman–Crippen LogP) is 4.39. The summed E-state index contributed by atoms with van der Waals surface area (Å²) in [5.41, 5.74) is 4.23. The van der Waals surface area contributed by atoms with E-state index in [4.69, 9.17) is 0 Å². The molecular weight excluding hydrogens is 306 g/mol. The van der Waals surface area contributed by atoms with Crippen molar-refractivity contribution < 1.29 is 0 Å². The van der Waals surface area contributed by atoms with Gasteiger partial charge in [0, 0.05) is 25.2 Å². The van der Waals surface area contributed by atoms with Crippen LogP contribution in [0.15, 0.2) is 54.6 Å². The maximum Gasteiger partial charge on any atom is 0.0906 e. The molecule has 2 aliphatic rings. The summed E-state index contributed by atoms with van der Waals surface area (Å²) in [6.45, 7) is 5.39. The first kappa shape index (κ1) is 16.5. The Hall–Kier alpha value is -2.00. The van der Waals surface area contributed by atoms with Crippen LogP contribution in [0.2, 0.25) is 0 Å². The summed E-state index contributed by atoms with van der Waals surface area (Å²) in [5, 5.41) is 3.76. The molecule has 4 rings (SSSR count). The van der Waals surface area contributed by atoms with Crippen LogP contribution in [0.1, 0.15) is 38.2 Å². The molecule has 0 unspecified atom stereocenters. The topological polar surface area (TPSA) is 18.5 Å². The zero-order chi connectivity index (χ0) is 17.1. The fourth-order valence-corrected chi connectivity index (χ4v) is 4.34. The van der Waals surface area contributed by atoms with Gasteiger partial charge >= 0.3 is 0 Å². The second kappa shape index (κ2) is 7.49. The lowest BCUT2D eigenvalue weighted by Crippen LogP contribution is -2.43. The molecule has 0 spiro atoms. The molecule has 3 nitrogen and oxygen atoms in total. The first-order valence-electron chi connectivity index (χ1n) is 9.73. The lowest BCUT2D eigenvalue weighted by Gasteiger charge is -2.36. The Labute approximate surface area is 151 Å². The number of fused-ring (bicyclic) bond motifs is 1. The van der Waals surface area contributed by atoms with Crippen molar-refractivity contribution in [3.8, 4) is 0 Å². The molecule has 0 amide bonds. The number of anilines is 2. The highest BCUT2D eigenvalue weighted by molar-refractivity contribution is 5.76. The summed E-state index contributed by atoms with van der Waals surface area (Å²) in [4.78, 5) is 5.14. The van der Waals surface area contributed by atoms with Gasteiger partial charge in [0.05, 0.1) is 18.0 Å². The Balaban J connectivity index is 1.33. The molecule has 3 heteroatoms. The highest BCUT2D eigenvalue weighted by Gasteiger charge is 2.32. The van der Waals surface area contributed by atoms with Gasteiger partial charge in [0.1, 0.15) is 0 Å². The molecule has 2 aromatic carbocycles. The number of benzene rings is 2. The Morgan fingerprint density at radius 3 is 2.28 bits per heavy atom. The third-order valence-electron chi connectivity index (χ3n) is 5.81. The Morgan fingerprint density at radius 1 is 0.880 bits per heavy atom. The number of para-hydroxylation sites is 2. The quantitative estimate of drug-likeness (QED) is 0.874. The van der Waals surface area contributed by atoms with Gasteiger partial charge in [0.2, 0.25) is 0 Å². The van der Waals surface area contributed by atoms with Gasteiger partial charge in [-0.05, 0) is 50.3 Å². The zero-order valence-electron chi connectivity index (χ0n) is 15.2. The van der Waals surface area contributed by atoms with Crippen molar-refractivity contribution >= 4 is 11.4 Å². The molecule has 0 radical (unpaired) electrons. The highest BCUT2D eigenvalue weighted by Crippen LogP contribution is 2.39. The Bertz CT molecular complexity index is 677. The second-order valence-corrected chi connectivity index (χ2v) is 7.33. The minimum atomic E-state index is 0.664. The Morgan fingerprint density at radius 2 is 1.56 bits per heavy atom. The molecule has 1 aliphatic carbocycles. The molecule has 2 aromatic rings. The number of nitrogens with one attached hydrogen (secondary N) is 1. The number of rotatable bonds is 5. The third-order valence-corrected chi connectivity index (χ3v) is 5.81. The molecule has 0 atom stereocenters. The van der Waals surface area contributed by atoms with Crippen LogP contribution in [-0.4, -0.2) is 25.3 Å². The maximum atomic E-state index is 3.76. The summed E-state index contributed by atoms with van der Waals surface area (Å²) in [5.74, 6) is 0. The van der Waals surface area contributed by atoms with E-state index >= 15 is 0 Å². The zero-order valence-corrected chi connectivity index (χ0v) is 15.2. The van der Waals surface area contributed by atoms with Gasteiger partial charge in [-0.1, -0.05) is 42.5 Å². The molecule has 25 heavy (non-hydrogen) atoms. The molecular formula is C22H29N3. The van der Waals surface area contributed by atoms with Crippen LogP contribution < -0.4 is 15.1 Å². The van der Waals surface area contributed by atoms with Gasteiger partial charge in [-0.2, -0.15) is 0 Å². The average molecular weight is 335 g/mol. The first-order valence-corrected chi connectivity index (χ1v) is 9.73. The number of nitrogens with zero attached hydrogens (tertiary/aromatic N) is 2. The van der Waals surface area contributed by atoms with E-state index in [1.807, 2.05) is 0 Å². The third kappa shape index (κ3) is 3.52. The lowest BCUT2D eigenvalue weighted by molar-refractivity contribution is 0.332. The van der Waals surface area contributed by atoms with Crippen LogP contribution in [-0.2, 0) is 6.54 Å². The largest absolute Gasteiger partial charge is 0.352 e. The molecule has 0 bridgehead atoms. The molecule has 1 heterocycles. The van der Waals surface area contributed by atoms with Crippen molar-refractivity contribution in [1.29, 1.82) is 0 Å². The van der Waals surface area contributed by atoms with Crippen molar-refractivity contribution in [3.63, 3.8) is 0 Å². The van der Waals surface area contributed by atoms with Gasteiger partial charge in [-0.3, -0.25) is 0 Å².